The molecule has 5 rings (SSSR count). The van der Waals surface area contributed by atoms with E-state index in [1.165, 1.54) is 42.8 Å². The summed E-state index contributed by atoms with van der Waals surface area (Å²) in [4.78, 5) is 47.8. The lowest BCUT2D eigenvalue weighted by Crippen LogP contribution is -2.33. The van der Waals surface area contributed by atoms with Gasteiger partial charge in [0.1, 0.15) is 5.69 Å². The summed E-state index contributed by atoms with van der Waals surface area (Å²) in [5.41, 5.74) is 2.36. The predicted octanol–water partition coefficient (Wildman–Crippen LogP) is 4.60. The zero-order valence-corrected chi connectivity index (χ0v) is 25.2. The molecule has 5 aromatic rings. The Morgan fingerprint density at radius 3 is 2.09 bits per heavy atom. The fraction of sp³-hybridized carbons (Fsp3) is 0.156. The predicted molar refractivity (Wildman–Crippen MR) is 167 cm³/mol. The zero-order chi connectivity index (χ0) is 31.6. The second-order valence-corrected chi connectivity index (χ2v) is 11.8. The second-order valence-electron chi connectivity index (χ2n) is 10.1. The van der Waals surface area contributed by atoms with Crippen molar-refractivity contribution in [3.8, 4) is 11.1 Å². The second kappa shape index (κ2) is 12.1. The van der Waals surface area contributed by atoms with Crippen LogP contribution < -0.4 is 15.6 Å². The third kappa shape index (κ3) is 6.20. The van der Waals surface area contributed by atoms with E-state index in [-0.39, 0.29) is 27.8 Å². The first-order valence-corrected chi connectivity index (χ1v) is 15.1. The molecule has 11 nitrogen and oxygen atoms in total. The number of esters is 1. The van der Waals surface area contributed by atoms with Gasteiger partial charge in [0, 0.05) is 35.1 Å². The lowest BCUT2D eigenvalue weighted by atomic mass is 9.97. The maximum Gasteiger partial charge on any atom is 0.356 e. The molecule has 0 aliphatic carbocycles. The Balaban J connectivity index is 1.34. The Kier molecular flexibility index (Phi) is 8.28. The maximum absolute atomic E-state index is 13.5. The fourth-order valence-electron chi connectivity index (χ4n) is 4.78. The molecule has 224 valence electrons. The number of hydrogen-bond acceptors (Lipinski definition) is 8. The Morgan fingerprint density at radius 1 is 0.864 bits per heavy atom. The molecule has 1 atom stereocenters. The Labute approximate surface area is 253 Å². The fourth-order valence-corrected chi connectivity index (χ4v) is 5.73. The summed E-state index contributed by atoms with van der Waals surface area (Å²) in [6, 6.07) is 23.3. The van der Waals surface area contributed by atoms with Gasteiger partial charge < -0.3 is 14.6 Å². The topological polar surface area (TPSA) is 149 Å². The number of sulfonamides is 1. The van der Waals surface area contributed by atoms with Gasteiger partial charge in [-0.3, -0.25) is 9.59 Å². The number of carbonyl (C=O) groups is 2. The highest BCUT2D eigenvalue weighted by Gasteiger charge is 2.26. The van der Waals surface area contributed by atoms with Crippen LogP contribution >= 0.6 is 0 Å². The molecule has 0 bridgehead atoms. The summed E-state index contributed by atoms with van der Waals surface area (Å²) in [7, 11) is -2.50. The van der Waals surface area contributed by atoms with Gasteiger partial charge in [-0.1, -0.05) is 48.5 Å². The van der Waals surface area contributed by atoms with Gasteiger partial charge in [0.05, 0.1) is 4.90 Å². The molecule has 1 unspecified atom stereocenters. The van der Waals surface area contributed by atoms with E-state index in [9.17, 15) is 22.8 Å². The van der Waals surface area contributed by atoms with Gasteiger partial charge >= 0.3 is 5.97 Å². The number of amides is 1. The minimum atomic E-state index is -3.99. The number of hydrogen-bond donors (Lipinski definition) is 2. The Morgan fingerprint density at radius 2 is 1.45 bits per heavy atom. The molecule has 0 aliphatic rings. The van der Waals surface area contributed by atoms with Crippen molar-refractivity contribution >= 4 is 44.3 Å². The van der Waals surface area contributed by atoms with E-state index in [0.717, 1.165) is 0 Å². The van der Waals surface area contributed by atoms with Crippen molar-refractivity contribution in [3.05, 3.63) is 112 Å². The molecule has 3 aromatic carbocycles. The minimum Gasteiger partial charge on any atom is -0.448 e. The highest BCUT2D eigenvalue weighted by Crippen LogP contribution is 2.31. The van der Waals surface area contributed by atoms with Crippen LogP contribution in [0.4, 0.5) is 11.6 Å². The molecule has 44 heavy (non-hydrogen) atoms. The minimum absolute atomic E-state index is 0.00870. The normalized spacial score (nSPS) is 12.0. The number of nitrogens with one attached hydrogen (secondary N) is 2. The zero-order valence-electron chi connectivity index (χ0n) is 24.4. The van der Waals surface area contributed by atoms with Crippen LogP contribution in [0, 0.1) is 13.8 Å². The third-order valence-electron chi connectivity index (χ3n) is 6.85. The lowest BCUT2D eigenvalue weighted by Gasteiger charge is -2.19. The van der Waals surface area contributed by atoms with E-state index in [1.54, 1.807) is 44.2 Å². The van der Waals surface area contributed by atoms with Crippen molar-refractivity contribution < 1.29 is 22.7 Å². The lowest BCUT2D eigenvalue weighted by molar-refractivity contribution is -0.123. The molecule has 0 aliphatic heterocycles. The summed E-state index contributed by atoms with van der Waals surface area (Å²) in [6.07, 6.45) is -1.25. The van der Waals surface area contributed by atoms with Gasteiger partial charge in [0.2, 0.25) is 5.95 Å². The van der Waals surface area contributed by atoms with Crippen molar-refractivity contribution in [2.45, 2.75) is 31.8 Å². The number of fused-ring (bicyclic) bond motifs is 1. The molecule has 0 fully saturated rings. The molecule has 2 N–H and O–H groups in total. The van der Waals surface area contributed by atoms with E-state index in [4.69, 9.17) is 4.74 Å². The van der Waals surface area contributed by atoms with Gasteiger partial charge in [-0.05, 0) is 68.1 Å². The largest absolute Gasteiger partial charge is 0.448 e. The molecule has 0 saturated heterocycles. The number of carbonyl (C=O) groups excluding carboxylic acids is 2. The molecular weight excluding hydrogens is 582 g/mol. The number of anilines is 2. The first kappa shape index (κ1) is 30.1. The van der Waals surface area contributed by atoms with Crippen LogP contribution in [0.25, 0.3) is 21.9 Å². The van der Waals surface area contributed by atoms with Crippen LogP contribution in [0.3, 0.4) is 0 Å². The van der Waals surface area contributed by atoms with E-state index >= 15 is 0 Å². The van der Waals surface area contributed by atoms with Crippen LogP contribution in [0.1, 0.15) is 28.8 Å². The van der Waals surface area contributed by atoms with Crippen LogP contribution in [0.5, 0.6) is 0 Å². The molecule has 0 saturated carbocycles. The van der Waals surface area contributed by atoms with E-state index in [1.807, 2.05) is 30.3 Å². The average molecular weight is 612 g/mol. The van der Waals surface area contributed by atoms with Crippen molar-refractivity contribution in [3.63, 3.8) is 0 Å². The van der Waals surface area contributed by atoms with Crippen molar-refractivity contribution in [1.29, 1.82) is 0 Å². The SMILES string of the molecule is Cc1cc(C)nc(NS(=O)(=O)c2ccc(NC(=O)C(C)OC(=O)c3c(-c4ccccc4)c4ccccc4c(=O)n3C)cc2)n1. The van der Waals surface area contributed by atoms with Crippen molar-refractivity contribution in [2.75, 3.05) is 10.0 Å². The molecule has 1 amide bonds. The van der Waals surface area contributed by atoms with Crippen LogP contribution in [0.2, 0.25) is 0 Å². The number of ether oxygens (including phenoxy) is 1. The smallest absolute Gasteiger partial charge is 0.356 e. The van der Waals surface area contributed by atoms with E-state index in [0.29, 0.717) is 33.3 Å². The summed E-state index contributed by atoms with van der Waals surface area (Å²) in [5.74, 6) is -1.55. The highest BCUT2D eigenvalue weighted by molar-refractivity contribution is 7.92. The van der Waals surface area contributed by atoms with Crippen LogP contribution in [-0.4, -0.2) is 40.9 Å². The summed E-state index contributed by atoms with van der Waals surface area (Å²) >= 11 is 0. The summed E-state index contributed by atoms with van der Waals surface area (Å²) in [5, 5.41) is 3.64. The number of pyridine rings is 1. The van der Waals surface area contributed by atoms with Crippen molar-refractivity contribution in [2.24, 2.45) is 7.05 Å². The third-order valence-corrected chi connectivity index (χ3v) is 8.20. The first-order chi connectivity index (χ1) is 20.9. The molecule has 2 heterocycles. The average Bonchev–Trinajstić information content (AvgIpc) is 2.98. The van der Waals surface area contributed by atoms with Crippen molar-refractivity contribution in [1.82, 2.24) is 14.5 Å². The maximum atomic E-state index is 13.5. The quantitative estimate of drug-likeness (QED) is 0.242. The van der Waals surface area contributed by atoms with Gasteiger partial charge in [-0.15, -0.1) is 0 Å². The molecule has 12 heteroatoms. The van der Waals surface area contributed by atoms with Gasteiger partial charge in [-0.2, -0.15) is 0 Å². The van der Waals surface area contributed by atoms with Gasteiger partial charge in [0.15, 0.2) is 6.10 Å². The van der Waals surface area contributed by atoms with E-state index < -0.39 is 28.0 Å². The standard InChI is InChI=1S/C32H29N5O6S/c1-19-18-20(2)34-32(33-19)36-44(41,42)24-16-14-23(15-17-24)35-29(38)21(3)43-31(40)28-27(22-10-6-5-7-11-22)25-12-8-9-13-26(25)30(39)37(28)4/h5-18,21H,1-4H3,(H,35,38)(H,33,34,36). The number of aryl methyl sites for hydroxylation is 2. The number of rotatable bonds is 8. The summed E-state index contributed by atoms with van der Waals surface area (Å²) in [6.45, 7) is 4.86. The Bertz CT molecular complexity index is 2040. The molecular formula is C32H29N5O6S. The van der Waals surface area contributed by atoms with Gasteiger partial charge in [0.25, 0.3) is 21.5 Å². The Hall–Kier alpha value is -5.36. The number of aromatic nitrogens is 3. The molecule has 0 spiro atoms. The number of benzene rings is 3. The highest BCUT2D eigenvalue weighted by atomic mass is 32.2. The molecule has 2 aromatic heterocycles. The number of nitrogens with zero attached hydrogens (tertiary/aromatic N) is 3. The first-order valence-electron chi connectivity index (χ1n) is 13.6. The monoisotopic (exact) mass is 611 g/mol. The van der Waals surface area contributed by atoms with E-state index in [2.05, 4.69) is 20.0 Å². The van der Waals surface area contributed by atoms with Crippen LogP contribution in [0.15, 0.2) is 94.6 Å². The molecule has 0 radical (unpaired) electrons. The van der Waals surface area contributed by atoms with Crippen LogP contribution in [-0.2, 0) is 26.6 Å². The summed E-state index contributed by atoms with van der Waals surface area (Å²) < 4.78 is 34.8. The van der Waals surface area contributed by atoms with Gasteiger partial charge in [-0.25, -0.2) is 27.9 Å².